The molecule has 3 unspecified atom stereocenters. The summed E-state index contributed by atoms with van der Waals surface area (Å²) in [4.78, 5) is 10.8. The Hall–Kier alpha value is -2.57. The first-order valence-corrected chi connectivity index (χ1v) is 10.4. The van der Waals surface area contributed by atoms with Crippen molar-refractivity contribution in [3.8, 4) is 17.6 Å². The van der Waals surface area contributed by atoms with Gasteiger partial charge < -0.3 is 9.84 Å². The van der Waals surface area contributed by atoms with Gasteiger partial charge in [-0.2, -0.15) is 0 Å². The Morgan fingerprint density at radius 1 is 1.28 bits per heavy atom. The van der Waals surface area contributed by atoms with Crippen LogP contribution in [0, 0.1) is 23.8 Å². The summed E-state index contributed by atoms with van der Waals surface area (Å²) in [5.74, 6) is 7.16. The SMILES string of the molecule is CC#CC1(O)CCC2(CCOc3ccc(C=O)cc3)c3cc[c]cc3CCC2C1. The van der Waals surface area contributed by atoms with Crippen LogP contribution in [0.2, 0.25) is 0 Å². The molecule has 0 aliphatic heterocycles. The van der Waals surface area contributed by atoms with Gasteiger partial charge in [-0.25, -0.2) is 0 Å². The lowest BCUT2D eigenvalue weighted by Crippen LogP contribution is -2.50. The number of fused-ring (bicyclic) bond motifs is 3. The van der Waals surface area contributed by atoms with Crippen LogP contribution in [0.25, 0.3) is 0 Å². The van der Waals surface area contributed by atoms with Crippen molar-refractivity contribution in [1.29, 1.82) is 0 Å². The summed E-state index contributed by atoms with van der Waals surface area (Å²) < 4.78 is 6.05. The molecule has 4 rings (SSSR count). The third kappa shape index (κ3) is 3.82. The molecule has 0 spiro atoms. The molecule has 0 heterocycles. The number of hydrogen-bond donors (Lipinski definition) is 1. The van der Waals surface area contributed by atoms with Crippen molar-refractivity contribution in [2.45, 2.75) is 56.5 Å². The van der Waals surface area contributed by atoms with E-state index in [0.717, 1.165) is 44.1 Å². The van der Waals surface area contributed by atoms with E-state index in [-0.39, 0.29) is 5.41 Å². The van der Waals surface area contributed by atoms with Crippen molar-refractivity contribution in [3.05, 3.63) is 65.2 Å². The first-order chi connectivity index (χ1) is 14.1. The zero-order valence-electron chi connectivity index (χ0n) is 16.9. The van der Waals surface area contributed by atoms with Crippen molar-refractivity contribution < 1.29 is 14.6 Å². The van der Waals surface area contributed by atoms with Gasteiger partial charge in [0, 0.05) is 11.0 Å². The fraction of sp³-hybridized carbons (Fsp3) is 0.423. The monoisotopic (exact) mass is 387 g/mol. The van der Waals surface area contributed by atoms with E-state index in [4.69, 9.17) is 4.74 Å². The quantitative estimate of drug-likeness (QED) is 0.607. The maximum absolute atomic E-state index is 11.0. The molecule has 1 fully saturated rings. The number of carbonyl (C=O) groups excluding carboxylic acids is 1. The highest BCUT2D eigenvalue weighted by Gasteiger charge is 2.51. The van der Waals surface area contributed by atoms with Crippen LogP contribution in [0.3, 0.4) is 0 Å². The molecule has 0 saturated heterocycles. The van der Waals surface area contributed by atoms with Gasteiger partial charge in [-0.05, 0) is 92.8 Å². The zero-order chi connectivity index (χ0) is 20.3. The van der Waals surface area contributed by atoms with E-state index in [2.05, 4.69) is 30.0 Å². The summed E-state index contributed by atoms with van der Waals surface area (Å²) in [5, 5.41) is 11.0. The number of aliphatic hydroxyl groups is 1. The molecule has 2 aromatic rings. The van der Waals surface area contributed by atoms with E-state index in [0.29, 0.717) is 24.5 Å². The van der Waals surface area contributed by atoms with E-state index in [1.807, 2.05) is 18.2 Å². The normalized spacial score (nSPS) is 27.7. The number of benzene rings is 2. The lowest BCUT2D eigenvalue weighted by molar-refractivity contribution is -0.0143. The maximum Gasteiger partial charge on any atom is 0.150 e. The minimum absolute atomic E-state index is 0.00702. The second-order valence-corrected chi connectivity index (χ2v) is 8.37. The predicted molar refractivity (Wildman–Crippen MR) is 113 cm³/mol. The average Bonchev–Trinajstić information content (AvgIpc) is 2.75. The Balaban J connectivity index is 1.57. The molecule has 3 nitrogen and oxygen atoms in total. The van der Waals surface area contributed by atoms with Crippen molar-refractivity contribution in [3.63, 3.8) is 0 Å². The largest absolute Gasteiger partial charge is 0.494 e. The van der Waals surface area contributed by atoms with Gasteiger partial charge in [-0.15, -0.1) is 5.92 Å². The average molecular weight is 387 g/mol. The third-order valence-electron chi connectivity index (χ3n) is 6.79. The van der Waals surface area contributed by atoms with Gasteiger partial charge >= 0.3 is 0 Å². The lowest BCUT2D eigenvalue weighted by atomic mass is 9.53. The smallest absolute Gasteiger partial charge is 0.150 e. The highest BCUT2D eigenvalue weighted by Crippen LogP contribution is 2.54. The second kappa shape index (κ2) is 8.05. The van der Waals surface area contributed by atoms with Crippen molar-refractivity contribution in [2.24, 2.45) is 5.92 Å². The summed E-state index contributed by atoms with van der Waals surface area (Å²) in [6.45, 7) is 2.41. The Morgan fingerprint density at radius 3 is 2.86 bits per heavy atom. The van der Waals surface area contributed by atoms with Gasteiger partial charge in [0.25, 0.3) is 0 Å². The van der Waals surface area contributed by atoms with Crippen LogP contribution in [-0.2, 0) is 11.8 Å². The van der Waals surface area contributed by atoms with Crippen LogP contribution < -0.4 is 4.74 Å². The van der Waals surface area contributed by atoms with Gasteiger partial charge in [0.1, 0.15) is 17.6 Å². The molecule has 1 radical (unpaired) electrons. The van der Waals surface area contributed by atoms with Crippen LogP contribution in [0.1, 0.15) is 60.5 Å². The third-order valence-corrected chi connectivity index (χ3v) is 6.79. The van der Waals surface area contributed by atoms with Gasteiger partial charge in [0.15, 0.2) is 0 Å². The molecule has 0 amide bonds. The van der Waals surface area contributed by atoms with Crippen LogP contribution in [0.4, 0.5) is 0 Å². The molecule has 2 aliphatic rings. The molecule has 1 N–H and O–H groups in total. The summed E-state index contributed by atoms with van der Waals surface area (Å²) in [7, 11) is 0. The van der Waals surface area contributed by atoms with E-state index in [9.17, 15) is 9.90 Å². The summed E-state index contributed by atoms with van der Waals surface area (Å²) in [6, 6.07) is 16.8. The second-order valence-electron chi connectivity index (χ2n) is 8.37. The van der Waals surface area contributed by atoms with Crippen LogP contribution in [-0.4, -0.2) is 23.6 Å². The molecule has 3 atom stereocenters. The minimum atomic E-state index is -0.868. The molecule has 2 aromatic carbocycles. The highest BCUT2D eigenvalue weighted by atomic mass is 16.5. The number of ether oxygens (including phenoxy) is 1. The molecule has 1 saturated carbocycles. The highest BCUT2D eigenvalue weighted by molar-refractivity contribution is 5.74. The Morgan fingerprint density at radius 2 is 2.10 bits per heavy atom. The Kier molecular flexibility index (Phi) is 5.48. The topological polar surface area (TPSA) is 46.5 Å². The molecule has 0 bridgehead atoms. The first kappa shape index (κ1) is 19.7. The van der Waals surface area contributed by atoms with E-state index >= 15 is 0 Å². The molecule has 29 heavy (non-hydrogen) atoms. The Bertz CT molecular complexity index is 936. The predicted octanol–water partition coefficient (Wildman–Crippen LogP) is 4.51. The fourth-order valence-corrected chi connectivity index (χ4v) is 5.36. The van der Waals surface area contributed by atoms with Crippen LogP contribution >= 0.6 is 0 Å². The lowest BCUT2D eigenvalue weighted by Gasteiger charge is -2.52. The zero-order valence-corrected chi connectivity index (χ0v) is 16.9. The van der Waals surface area contributed by atoms with Crippen molar-refractivity contribution in [2.75, 3.05) is 6.61 Å². The molecule has 2 aliphatic carbocycles. The first-order valence-electron chi connectivity index (χ1n) is 10.4. The van der Waals surface area contributed by atoms with Crippen molar-refractivity contribution in [1.82, 2.24) is 0 Å². The minimum Gasteiger partial charge on any atom is -0.494 e. The Labute approximate surface area is 173 Å². The number of carbonyl (C=O) groups is 1. The van der Waals surface area contributed by atoms with E-state index in [1.165, 1.54) is 11.1 Å². The summed E-state index contributed by atoms with van der Waals surface area (Å²) in [5.41, 5.74) is 2.57. The van der Waals surface area contributed by atoms with E-state index < -0.39 is 5.60 Å². The standard InChI is InChI=1S/C26H27O3/c1-2-13-25(28)14-15-26(16-17-29-23-11-7-20(19-27)8-12-23)22(18-25)10-9-21-5-3-4-6-24(21)26/h4-8,11-12,19,22,28H,9-10,14-18H2,1H3. The molecule has 3 heteroatoms. The number of aryl methyl sites for hydroxylation is 1. The van der Waals surface area contributed by atoms with Gasteiger partial charge in [-0.1, -0.05) is 24.1 Å². The fourth-order valence-electron chi connectivity index (χ4n) is 5.36. The number of rotatable bonds is 5. The number of aldehydes is 1. The molecule has 149 valence electrons. The maximum atomic E-state index is 11.0. The molecular formula is C26H27O3. The van der Waals surface area contributed by atoms with Crippen LogP contribution in [0.5, 0.6) is 5.75 Å². The van der Waals surface area contributed by atoms with Crippen LogP contribution in [0.15, 0.2) is 42.5 Å². The van der Waals surface area contributed by atoms with Crippen molar-refractivity contribution >= 4 is 6.29 Å². The van der Waals surface area contributed by atoms with E-state index in [1.54, 1.807) is 19.1 Å². The van der Waals surface area contributed by atoms with Gasteiger partial charge in [-0.3, -0.25) is 4.79 Å². The summed E-state index contributed by atoms with van der Waals surface area (Å²) in [6.07, 6.45) is 6.16. The van der Waals surface area contributed by atoms with Gasteiger partial charge in [0.2, 0.25) is 0 Å². The number of hydrogen-bond acceptors (Lipinski definition) is 3. The summed E-state index contributed by atoms with van der Waals surface area (Å²) >= 11 is 0. The molecule has 0 aromatic heterocycles. The van der Waals surface area contributed by atoms with Gasteiger partial charge in [0.05, 0.1) is 6.61 Å². The molecular weight excluding hydrogens is 360 g/mol.